The highest BCUT2D eigenvalue weighted by Crippen LogP contribution is 2.25. The molecule has 0 radical (unpaired) electrons. The van der Waals surface area contributed by atoms with Crippen LogP contribution in [0.1, 0.15) is 5.56 Å². The summed E-state index contributed by atoms with van der Waals surface area (Å²) in [6.07, 6.45) is 0. The third-order valence-electron chi connectivity index (χ3n) is 3.25. The Labute approximate surface area is 144 Å². The number of hydrogen-bond acceptors (Lipinski definition) is 4. The molecule has 0 aromatic heterocycles. The van der Waals surface area contributed by atoms with Gasteiger partial charge in [-0.05, 0) is 30.7 Å². The minimum Gasteiger partial charge on any atom is -0.497 e. The van der Waals surface area contributed by atoms with Gasteiger partial charge in [0.05, 0.1) is 20.8 Å². The second-order valence-corrected chi connectivity index (χ2v) is 5.82. The van der Waals surface area contributed by atoms with Crippen LogP contribution in [0.5, 0.6) is 11.5 Å². The molecule has 0 fully saturated rings. The van der Waals surface area contributed by atoms with Gasteiger partial charge in [-0.1, -0.05) is 15.9 Å². The number of nitrogens with one attached hydrogen (secondary N) is 2. The molecule has 2 aromatic carbocycles. The average Bonchev–Trinajstić information content (AvgIpc) is 2.55. The van der Waals surface area contributed by atoms with Crippen molar-refractivity contribution in [1.29, 1.82) is 0 Å². The van der Waals surface area contributed by atoms with E-state index in [4.69, 9.17) is 9.47 Å². The first-order valence-electron chi connectivity index (χ1n) is 7.05. The van der Waals surface area contributed by atoms with Gasteiger partial charge < -0.3 is 20.1 Å². The highest BCUT2D eigenvalue weighted by Gasteiger charge is 2.06. The number of rotatable bonds is 6. The molecular formula is C17H19BrN2O3. The molecule has 0 unspecified atom stereocenters. The molecule has 122 valence electrons. The molecule has 0 saturated carbocycles. The molecule has 1 amide bonds. The summed E-state index contributed by atoms with van der Waals surface area (Å²) in [5, 5.41) is 5.91. The predicted molar refractivity (Wildman–Crippen MR) is 95.5 cm³/mol. The minimum absolute atomic E-state index is 0.152. The zero-order valence-corrected chi connectivity index (χ0v) is 14.9. The van der Waals surface area contributed by atoms with Gasteiger partial charge >= 0.3 is 0 Å². The minimum atomic E-state index is -0.152. The fourth-order valence-corrected chi connectivity index (χ4v) is 2.27. The van der Waals surface area contributed by atoms with Crippen LogP contribution < -0.4 is 20.1 Å². The molecule has 0 atom stereocenters. The van der Waals surface area contributed by atoms with Crippen LogP contribution in [0, 0.1) is 6.92 Å². The number of hydrogen-bond donors (Lipinski definition) is 2. The zero-order chi connectivity index (χ0) is 16.8. The second kappa shape index (κ2) is 7.87. The molecule has 0 aliphatic carbocycles. The number of carbonyl (C=O) groups is 1. The van der Waals surface area contributed by atoms with E-state index >= 15 is 0 Å². The van der Waals surface area contributed by atoms with Crippen molar-refractivity contribution in [2.24, 2.45) is 0 Å². The molecule has 2 rings (SSSR count). The fourth-order valence-electron chi connectivity index (χ4n) is 2.02. The van der Waals surface area contributed by atoms with E-state index in [0.717, 1.165) is 15.7 Å². The van der Waals surface area contributed by atoms with Gasteiger partial charge in [-0.3, -0.25) is 4.79 Å². The van der Waals surface area contributed by atoms with Gasteiger partial charge in [0.1, 0.15) is 11.5 Å². The molecular weight excluding hydrogens is 360 g/mol. The molecule has 2 N–H and O–H groups in total. The summed E-state index contributed by atoms with van der Waals surface area (Å²) in [6, 6.07) is 11.1. The fraction of sp³-hybridized carbons (Fsp3) is 0.235. The molecule has 0 bridgehead atoms. The lowest BCUT2D eigenvalue weighted by Gasteiger charge is -2.11. The molecule has 5 nitrogen and oxygen atoms in total. The van der Waals surface area contributed by atoms with Crippen LogP contribution in [-0.4, -0.2) is 26.7 Å². The van der Waals surface area contributed by atoms with Crippen LogP contribution in [0.4, 0.5) is 11.4 Å². The summed E-state index contributed by atoms with van der Waals surface area (Å²) in [5.74, 6) is 1.09. The second-order valence-electron chi connectivity index (χ2n) is 4.97. The Kier molecular flexibility index (Phi) is 5.87. The summed E-state index contributed by atoms with van der Waals surface area (Å²) in [7, 11) is 3.13. The van der Waals surface area contributed by atoms with Crippen molar-refractivity contribution >= 4 is 33.2 Å². The lowest BCUT2D eigenvalue weighted by Crippen LogP contribution is -2.21. The lowest BCUT2D eigenvalue weighted by atomic mass is 10.2. The Bertz CT molecular complexity index is 682. The van der Waals surface area contributed by atoms with Crippen LogP contribution in [0.2, 0.25) is 0 Å². The molecule has 0 spiro atoms. The third-order valence-corrected chi connectivity index (χ3v) is 4.14. The van der Waals surface area contributed by atoms with E-state index in [1.807, 2.05) is 25.1 Å². The SMILES string of the molecule is COc1cc(NC(=O)CNc2ccc(Br)c(C)c2)cc(OC)c1. The van der Waals surface area contributed by atoms with Crippen LogP contribution in [0.3, 0.4) is 0 Å². The van der Waals surface area contributed by atoms with Crippen molar-refractivity contribution in [3.8, 4) is 11.5 Å². The summed E-state index contributed by atoms with van der Waals surface area (Å²) in [5.41, 5.74) is 2.62. The molecule has 0 saturated heterocycles. The van der Waals surface area contributed by atoms with Crippen molar-refractivity contribution in [2.75, 3.05) is 31.4 Å². The number of aryl methyl sites for hydroxylation is 1. The number of ether oxygens (including phenoxy) is 2. The normalized spacial score (nSPS) is 10.1. The zero-order valence-electron chi connectivity index (χ0n) is 13.3. The first-order chi connectivity index (χ1) is 11.0. The van der Waals surface area contributed by atoms with Crippen LogP contribution >= 0.6 is 15.9 Å². The number of benzene rings is 2. The van der Waals surface area contributed by atoms with Crippen LogP contribution in [-0.2, 0) is 4.79 Å². The largest absolute Gasteiger partial charge is 0.497 e. The lowest BCUT2D eigenvalue weighted by molar-refractivity contribution is -0.114. The van der Waals surface area contributed by atoms with E-state index < -0.39 is 0 Å². The summed E-state index contributed by atoms with van der Waals surface area (Å²) >= 11 is 3.45. The maximum absolute atomic E-state index is 12.1. The predicted octanol–water partition coefficient (Wildman–Crippen LogP) is 3.83. The van der Waals surface area contributed by atoms with E-state index in [-0.39, 0.29) is 12.5 Å². The maximum Gasteiger partial charge on any atom is 0.243 e. The number of methoxy groups -OCH3 is 2. The summed E-state index contributed by atoms with van der Waals surface area (Å²) < 4.78 is 11.4. The number of carbonyl (C=O) groups excluding carboxylic acids is 1. The molecule has 6 heteroatoms. The topological polar surface area (TPSA) is 59.6 Å². The van der Waals surface area contributed by atoms with Gasteiger partial charge in [0, 0.05) is 34.0 Å². The molecule has 0 heterocycles. The molecule has 0 aliphatic heterocycles. The smallest absolute Gasteiger partial charge is 0.243 e. The highest BCUT2D eigenvalue weighted by atomic mass is 79.9. The molecule has 23 heavy (non-hydrogen) atoms. The van der Waals surface area contributed by atoms with Crippen LogP contribution in [0.25, 0.3) is 0 Å². The monoisotopic (exact) mass is 378 g/mol. The Morgan fingerprint density at radius 1 is 1.04 bits per heavy atom. The maximum atomic E-state index is 12.1. The Morgan fingerprint density at radius 3 is 2.26 bits per heavy atom. The van der Waals surface area contributed by atoms with Gasteiger partial charge in [-0.2, -0.15) is 0 Å². The first-order valence-corrected chi connectivity index (χ1v) is 7.84. The Hall–Kier alpha value is -2.21. The van der Waals surface area contributed by atoms with E-state index in [1.165, 1.54) is 0 Å². The van der Waals surface area contributed by atoms with Gasteiger partial charge in [0.15, 0.2) is 0 Å². The Morgan fingerprint density at radius 2 is 1.70 bits per heavy atom. The van der Waals surface area contributed by atoms with Crippen molar-refractivity contribution in [2.45, 2.75) is 6.92 Å². The Balaban J connectivity index is 1.97. The van der Waals surface area contributed by atoms with Crippen molar-refractivity contribution in [3.05, 3.63) is 46.4 Å². The van der Waals surface area contributed by atoms with E-state index in [0.29, 0.717) is 17.2 Å². The average molecular weight is 379 g/mol. The van der Waals surface area contributed by atoms with Gasteiger partial charge in [-0.25, -0.2) is 0 Å². The van der Waals surface area contributed by atoms with E-state index in [2.05, 4.69) is 26.6 Å². The van der Waals surface area contributed by atoms with Crippen molar-refractivity contribution < 1.29 is 14.3 Å². The van der Waals surface area contributed by atoms with Gasteiger partial charge in [0.2, 0.25) is 5.91 Å². The highest BCUT2D eigenvalue weighted by molar-refractivity contribution is 9.10. The quantitative estimate of drug-likeness (QED) is 0.801. The number of halogens is 1. The first kappa shape index (κ1) is 17.1. The van der Waals surface area contributed by atoms with E-state index in [9.17, 15) is 4.79 Å². The number of anilines is 2. The van der Waals surface area contributed by atoms with Crippen molar-refractivity contribution in [3.63, 3.8) is 0 Å². The number of amides is 1. The molecule has 0 aliphatic rings. The van der Waals surface area contributed by atoms with Gasteiger partial charge in [0.25, 0.3) is 0 Å². The summed E-state index contributed by atoms with van der Waals surface area (Å²) in [4.78, 5) is 12.1. The van der Waals surface area contributed by atoms with Crippen molar-refractivity contribution in [1.82, 2.24) is 0 Å². The van der Waals surface area contributed by atoms with Gasteiger partial charge in [-0.15, -0.1) is 0 Å². The molecule has 2 aromatic rings. The van der Waals surface area contributed by atoms with E-state index in [1.54, 1.807) is 32.4 Å². The summed E-state index contributed by atoms with van der Waals surface area (Å²) in [6.45, 7) is 2.17. The van der Waals surface area contributed by atoms with Crippen LogP contribution in [0.15, 0.2) is 40.9 Å². The third kappa shape index (κ3) is 4.89. The standard InChI is InChI=1S/C17H19BrN2O3/c1-11-6-12(4-5-16(11)18)19-10-17(21)20-13-7-14(22-2)9-15(8-13)23-3/h4-9,19H,10H2,1-3H3,(H,20,21).